The topological polar surface area (TPSA) is 93.2 Å². The number of aryl methyl sites for hydroxylation is 2. The van der Waals surface area contributed by atoms with Crippen molar-refractivity contribution < 1.29 is 9.53 Å². The molecule has 0 fully saturated rings. The summed E-state index contributed by atoms with van der Waals surface area (Å²) < 4.78 is 7.17. The number of ether oxygens (including phenoxy) is 1. The van der Waals surface area contributed by atoms with Gasteiger partial charge < -0.3 is 4.74 Å². The van der Waals surface area contributed by atoms with Gasteiger partial charge in [-0.1, -0.05) is 54.2 Å². The molecule has 0 N–H and O–H groups in total. The smallest absolute Gasteiger partial charge is 0.310 e. The molecule has 0 aliphatic rings. The van der Waals surface area contributed by atoms with Gasteiger partial charge in [-0.05, 0) is 42.9 Å². The highest BCUT2D eigenvalue weighted by molar-refractivity contribution is 7.98. The highest BCUT2D eigenvalue weighted by Gasteiger charge is 2.17. The third-order valence-corrected chi connectivity index (χ3v) is 5.78. The molecule has 7 nitrogen and oxygen atoms in total. The van der Waals surface area contributed by atoms with Crippen LogP contribution in [0.15, 0.2) is 53.7 Å². The number of carbonyl (C=O) groups is 1. The number of benzene rings is 2. The van der Waals surface area contributed by atoms with Crippen molar-refractivity contribution in [3.63, 3.8) is 0 Å². The molecule has 160 valence electrons. The first-order valence-electron chi connectivity index (χ1n) is 10.0. The molecule has 4 rings (SSSR count). The highest BCUT2D eigenvalue weighted by atomic mass is 32.2. The summed E-state index contributed by atoms with van der Waals surface area (Å²) >= 11 is 1.45. The molecule has 0 aliphatic carbocycles. The van der Waals surface area contributed by atoms with Crippen LogP contribution in [0.1, 0.15) is 28.1 Å². The summed E-state index contributed by atoms with van der Waals surface area (Å²) in [5, 5.41) is 14.3. The summed E-state index contributed by atoms with van der Waals surface area (Å²) in [5.74, 6) is 0.195. The van der Waals surface area contributed by atoms with Gasteiger partial charge in [-0.25, -0.2) is 9.50 Å². The van der Waals surface area contributed by atoms with Gasteiger partial charge >= 0.3 is 5.97 Å². The minimum absolute atomic E-state index is 0.114. The number of carbonyl (C=O) groups excluding carboxylic acids is 1. The third kappa shape index (κ3) is 4.34. The Hall–Kier alpha value is -3.70. The Balaban J connectivity index is 1.44. The zero-order valence-corrected chi connectivity index (χ0v) is 18.8. The number of esters is 1. The highest BCUT2D eigenvalue weighted by Crippen LogP contribution is 2.24. The SMILES string of the molecule is CSc1nc2nc(C)c(CC(=O)OCc3ccc(-c4ccccc4C#N)cc3)c(C)n2n1. The van der Waals surface area contributed by atoms with E-state index in [1.165, 1.54) is 11.8 Å². The molecule has 0 amide bonds. The molecule has 0 atom stereocenters. The van der Waals surface area contributed by atoms with Gasteiger partial charge in [0.2, 0.25) is 5.16 Å². The largest absolute Gasteiger partial charge is 0.461 e. The van der Waals surface area contributed by atoms with Crippen LogP contribution in [0.5, 0.6) is 0 Å². The van der Waals surface area contributed by atoms with Crippen molar-refractivity contribution >= 4 is 23.5 Å². The first kappa shape index (κ1) is 21.5. The maximum atomic E-state index is 12.5. The minimum atomic E-state index is -0.332. The van der Waals surface area contributed by atoms with Crippen molar-refractivity contribution in [2.24, 2.45) is 0 Å². The lowest BCUT2D eigenvalue weighted by molar-refractivity contribution is -0.144. The quantitative estimate of drug-likeness (QED) is 0.324. The van der Waals surface area contributed by atoms with Crippen LogP contribution in [0.2, 0.25) is 0 Å². The number of thioether (sulfide) groups is 1. The van der Waals surface area contributed by atoms with Crippen LogP contribution >= 0.6 is 11.8 Å². The van der Waals surface area contributed by atoms with Crippen LogP contribution in [0.25, 0.3) is 16.9 Å². The molecule has 0 unspecified atom stereocenters. The molecule has 2 heterocycles. The van der Waals surface area contributed by atoms with E-state index < -0.39 is 0 Å². The van der Waals surface area contributed by atoms with E-state index in [2.05, 4.69) is 21.1 Å². The van der Waals surface area contributed by atoms with Crippen molar-refractivity contribution in [2.45, 2.75) is 32.0 Å². The first-order chi connectivity index (χ1) is 15.5. The van der Waals surface area contributed by atoms with Gasteiger partial charge in [0.1, 0.15) is 6.61 Å². The summed E-state index contributed by atoms with van der Waals surface area (Å²) in [6, 6.07) is 17.3. The number of aromatic nitrogens is 4. The van der Waals surface area contributed by atoms with Crippen molar-refractivity contribution in [1.29, 1.82) is 5.26 Å². The number of nitriles is 1. The number of hydrogen-bond acceptors (Lipinski definition) is 7. The molecule has 0 saturated carbocycles. The van der Waals surface area contributed by atoms with Crippen molar-refractivity contribution in [2.75, 3.05) is 6.26 Å². The zero-order chi connectivity index (χ0) is 22.7. The van der Waals surface area contributed by atoms with Gasteiger partial charge in [0.15, 0.2) is 0 Å². The molecule has 32 heavy (non-hydrogen) atoms. The Bertz CT molecular complexity index is 1340. The molecular weight excluding hydrogens is 422 g/mol. The predicted molar refractivity (Wildman–Crippen MR) is 122 cm³/mol. The van der Waals surface area contributed by atoms with E-state index in [1.807, 2.05) is 62.6 Å². The summed E-state index contributed by atoms with van der Waals surface area (Å²) in [5.41, 5.74) is 5.69. The van der Waals surface area contributed by atoms with Gasteiger partial charge in [-0.15, -0.1) is 5.10 Å². The standard InChI is InChI=1S/C24H21N5O2S/c1-15-21(16(2)29-23(26-15)27-24(28-29)32-3)12-22(30)31-14-17-8-10-18(11-9-17)20-7-5-4-6-19(20)13-25/h4-11H,12,14H2,1-3H3. The Labute approximate surface area is 190 Å². The van der Waals surface area contributed by atoms with E-state index in [-0.39, 0.29) is 19.0 Å². The molecule has 0 aliphatic heterocycles. The van der Waals surface area contributed by atoms with Crippen LogP contribution in [0.3, 0.4) is 0 Å². The van der Waals surface area contributed by atoms with Crippen LogP contribution in [-0.4, -0.2) is 31.8 Å². The second-order valence-corrected chi connectivity index (χ2v) is 8.04. The average molecular weight is 444 g/mol. The van der Waals surface area contributed by atoms with Gasteiger partial charge in [0, 0.05) is 17.0 Å². The summed E-state index contributed by atoms with van der Waals surface area (Å²) in [7, 11) is 0. The molecular formula is C24H21N5O2S. The van der Waals surface area contributed by atoms with Crippen LogP contribution in [-0.2, 0) is 22.6 Å². The molecule has 2 aromatic carbocycles. The Morgan fingerprint density at radius 3 is 2.59 bits per heavy atom. The normalized spacial score (nSPS) is 10.8. The minimum Gasteiger partial charge on any atom is -0.461 e. The summed E-state index contributed by atoms with van der Waals surface area (Å²) in [6.07, 6.45) is 2.02. The fourth-order valence-electron chi connectivity index (χ4n) is 3.50. The fraction of sp³-hybridized carbons (Fsp3) is 0.208. The van der Waals surface area contributed by atoms with E-state index in [9.17, 15) is 10.1 Å². The second-order valence-electron chi connectivity index (χ2n) is 7.26. The van der Waals surface area contributed by atoms with Crippen LogP contribution in [0.4, 0.5) is 0 Å². The molecule has 4 aromatic rings. The Kier molecular flexibility index (Phi) is 6.19. The van der Waals surface area contributed by atoms with Gasteiger partial charge in [0.05, 0.1) is 18.1 Å². The van der Waals surface area contributed by atoms with E-state index in [1.54, 1.807) is 10.6 Å². The van der Waals surface area contributed by atoms with E-state index in [4.69, 9.17) is 4.74 Å². The Morgan fingerprint density at radius 2 is 1.88 bits per heavy atom. The lowest BCUT2D eigenvalue weighted by Crippen LogP contribution is -2.13. The van der Waals surface area contributed by atoms with Crippen molar-refractivity contribution in [3.05, 3.63) is 76.6 Å². The van der Waals surface area contributed by atoms with Gasteiger partial charge in [0.25, 0.3) is 5.78 Å². The Morgan fingerprint density at radius 1 is 1.12 bits per heavy atom. The molecule has 0 saturated heterocycles. The molecule has 0 spiro atoms. The van der Waals surface area contributed by atoms with E-state index in [0.717, 1.165) is 33.6 Å². The lowest BCUT2D eigenvalue weighted by Gasteiger charge is -2.11. The second kappa shape index (κ2) is 9.20. The molecule has 2 aromatic heterocycles. The summed E-state index contributed by atoms with van der Waals surface area (Å²) in [6.45, 7) is 3.94. The number of hydrogen-bond donors (Lipinski definition) is 0. The maximum absolute atomic E-state index is 12.5. The zero-order valence-electron chi connectivity index (χ0n) is 18.0. The average Bonchev–Trinajstić information content (AvgIpc) is 3.24. The summed E-state index contributed by atoms with van der Waals surface area (Å²) in [4.78, 5) is 21.4. The third-order valence-electron chi connectivity index (χ3n) is 5.25. The molecule has 0 radical (unpaired) electrons. The lowest BCUT2D eigenvalue weighted by atomic mass is 9.99. The van der Waals surface area contributed by atoms with Crippen LogP contribution < -0.4 is 0 Å². The van der Waals surface area contributed by atoms with Gasteiger partial charge in [-0.2, -0.15) is 10.2 Å². The predicted octanol–water partition coefficient (Wildman–Crippen LogP) is 4.29. The number of nitrogens with zero attached hydrogens (tertiary/aromatic N) is 5. The van der Waals surface area contributed by atoms with E-state index in [0.29, 0.717) is 16.5 Å². The van der Waals surface area contributed by atoms with Crippen LogP contribution in [0, 0.1) is 25.2 Å². The van der Waals surface area contributed by atoms with Gasteiger partial charge in [-0.3, -0.25) is 4.79 Å². The monoisotopic (exact) mass is 443 g/mol. The maximum Gasteiger partial charge on any atom is 0.310 e. The molecule has 0 bridgehead atoms. The van der Waals surface area contributed by atoms with E-state index >= 15 is 0 Å². The first-order valence-corrected chi connectivity index (χ1v) is 11.2. The van der Waals surface area contributed by atoms with Crippen molar-refractivity contribution in [1.82, 2.24) is 19.6 Å². The molecule has 8 heteroatoms. The number of fused-ring (bicyclic) bond motifs is 1. The van der Waals surface area contributed by atoms with Crippen molar-refractivity contribution in [3.8, 4) is 17.2 Å². The number of rotatable bonds is 6. The fourth-order valence-corrected chi connectivity index (χ4v) is 3.84.